The van der Waals surface area contributed by atoms with Crippen LogP contribution in [0.15, 0.2) is 18.2 Å². The first-order valence-electron chi connectivity index (χ1n) is 7.70. The van der Waals surface area contributed by atoms with Crippen LogP contribution in [0.2, 0.25) is 0 Å². The molecule has 1 aliphatic rings. The summed E-state index contributed by atoms with van der Waals surface area (Å²) in [4.78, 5) is 12.2. The van der Waals surface area contributed by atoms with Crippen molar-refractivity contribution < 1.29 is 30.8 Å². The van der Waals surface area contributed by atoms with Crippen LogP contribution in [-0.4, -0.2) is 37.5 Å². The zero-order valence-corrected chi connectivity index (χ0v) is 14.3. The number of hydrogen-bond donors (Lipinski definition) is 1. The SMILES string of the molecule is CCS(=O)(=O)N1CCC[C@H](C(=O)Nc2ccc(C(F)(F)F)c(F)c2)C1. The lowest BCUT2D eigenvalue weighted by Crippen LogP contribution is -2.44. The number of carbonyl (C=O) groups is 1. The Morgan fingerprint density at radius 3 is 2.60 bits per heavy atom. The van der Waals surface area contributed by atoms with Gasteiger partial charge >= 0.3 is 6.18 Å². The van der Waals surface area contributed by atoms with Crippen molar-refractivity contribution in [1.82, 2.24) is 4.31 Å². The van der Waals surface area contributed by atoms with Crippen molar-refractivity contribution >= 4 is 21.6 Å². The Hall–Kier alpha value is -1.68. The van der Waals surface area contributed by atoms with Gasteiger partial charge in [0.2, 0.25) is 15.9 Å². The first-order valence-corrected chi connectivity index (χ1v) is 9.31. The van der Waals surface area contributed by atoms with Crippen molar-refractivity contribution in [3.05, 3.63) is 29.6 Å². The minimum Gasteiger partial charge on any atom is -0.326 e. The van der Waals surface area contributed by atoms with Crippen molar-refractivity contribution in [2.45, 2.75) is 25.9 Å². The molecule has 140 valence electrons. The van der Waals surface area contributed by atoms with E-state index in [1.54, 1.807) is 0 Å². The maximum Gasteiger partial charge on any atom is 0.419 e. The Morgan fingerprint density at radius 2 is 2.04 bits per heavy atom. The highest BCUT2D eigenvalue weighted by Gasteiger charge is 2.34. The van der Waals surface area contributed by atoms with E-state index in [1.165, 1.54) is 11.2 Å². The molecule has 10 heteroatoms. The van der Waals surface area contributed by atoms with E-state index in [-0.39, 0.29) is 18.0 Å². The molecule has 1 fully saturated rings. The maximum atomic E-state index is 13.5. The van der Waals surface area contributed by atoms with Crippen LogP contribution in [0.3, 0.4) is 0 Å². The predicted molar refractivity (Wildman–Crippen MR) is 83.8 cm³/mol. The van der Waals surface area contributed by atoms with E-state index in [2.05, 4.69) is 5.32 Å². The molecule has 1 aliphatic heterocycles. The lowest BCUT2D eigenvalue weighted by atomic mass is 9.98. The van der Waals surface area contributed by atoms with Crippen LogP contribution in [0, 0.1) is 11.7 Å². The van der Waals surface area contributed by atoms with E-state index in [1.807, 2.05) is 0 Å². The molecule has 0 radical (unpaired) electrons. The van der Waals surface area contributed by atoms with E-state index in [4.69, 9.17) is 0 Å². The smallest absolute Gasteiger partial charge is 0.326 e. The monoisotopic (exact) mass is 382 g/mol. The van der Waals surface area contributed by atoms with Gasteiger partial charge in [0.15, 0.2) is 0 Å². The van der Waals surface area contributed by atoms with Crippen LogP contribution in [0.25, 0.3) is 0 Å². The van der Waals surface area contributed by atoms with E-state index in [0.717, 1.165) is 6.07 Å². The first kappa shape index (κ1) is 19.6. The van der Waals surface area contributed by atoms with Crippen molar-refractivity contribution in [3.63, 3.8) is 0 Å². The number of nitrogens with one attached hydrogen (secondary N) is 1. The molecule has 1 N–H and O–H groups in total. The van der Waals surface area contributed by atoms with Crippen LogP contribution in [0.5, 0.6) is 0 Å². The molecule has 0 unspecified atom stereocenters. The van der Waals surface area contributed by atoms with Gasteiger partial charge in [-0.15, -0.1) is 0 Å². The average molecular weight is 382 g/mol. The van der Waals surface area contributed by atoms with Crippen molar-refractivity contribution in [2.24, 2.45) is 5.92 Å². The van der Waals surface area contributed by atoms with E-state index in [0.29, 0.717) is 31.5 Å². The second kappa shape index (κ2) is 7.28. The Balaban J connectivity index is 2.08. The van der Waals surface area contributed by atoms with Gasteiger partial charge in [0, 0.05) is 18.8 Å². The lowest BCUT2D eigenvalue weighted by molar-refractivity contribution is -0.140. The van der Waals surface area contributed by atoms with Gasteiger partial charge in [-0.1, -0.05) is 0 Å². The molecule has 1 aromatic carbocycles. The molecular weight excluding hydrogens is 364 g/mol. The summed E-state index contributed by atoms with van der Waals surface area (Å²) < 4.78 is 76.2. The quantitative estimate of drug-likeness (QED) is 0.815. The number of sulfonamides is 1. The minimum absolute atomic E-state index is 0.00508. The third-order valence-electron chi connectivity index (χ3n) is 4.06. The van der Waals surface area contributed by atoms with Gasteiger partial charge in [0.25, 0.3) is 0 Å². The van der Waals surface area contributed by atoms with Crippen molar-refractivity contribution in [3.8, 4) is 0 Å². The molecule has 1 amide bonds. The molecule has 25 heavy (non-hydrogen) atoms. The summed E-state index contributed by atoms with van der Waals surface area (Å²) in [7, 11) is -3.42. The fraction of sp³-hybridized carbons (Fsp3) is 0.533. The summed E-state index contributed by atoms with van der Waals surface area (Å²) in [5.74, 6) is -2.74. The Bertz CT molecular complexity index is 750. The standard InChI is InChI=1S/C15H18F4N2O3S/c1-2-25(23,24)21-7-3-4-10(9-21)14(22)20-11-5-6-12(13(16)8-11)15(17,18)19/h5-6,8,10H,2-4,7,9H2,1H3,(H,20,22)/t10-/m0/s1. The summed E-state index contributed by atoms with van der Waals surface area (Å²) in [6.07, 6.45) is -3.87. The molecule has 1 heterocycles. The normalized spacial score (nSPS) is 19.6. The fourth-order valence-electron chi connectivity index (χ4n) is 2.66. The average Bonchev–Trinajstić information content (AvgIpc) is 2.53. The number of anilines is 1. The number of carbonyl (C=O) groups excluding carboxylic acids is 1. The number of piperidine rings is 1. The largest absolute Gasteiger partial charge is 0.419 e. The predicted octanol–water partition coefficient (Wildman–Crippen LogP) is 2.84. The molecule has 1 aromatic rings. The van der Waals surface area contributed by atoms with Gasteiger partial charge in [-0.3, -0.25) is 4.79 Å². The number of amides is 1. The fourth-order valence-corrected chi connectivity index (χ4v) is 3.84. The van der Waals surface area contributed by atoms with E-state index >= 15 is 0 Å². The number of nitrogens with zero attached hydrogens (tertiary/aromatic N) is 1. The van der Waals surface area contributed by atoms with E-state index < -0.39 is 39.4 Å². The number of benzene rings is 1. The van der Waals surface area contributed by atoms with E-state index in [9.17, 15) is 30.8 Å². The molecule has 1 saturated heterocycles. The van der Waals surface area contributed by atoms with Crippen molar-refractivity contribution in [1.29, 1.82) is 0 Å². The number of halogens is 4. The van der Waals surface area contributed by atoms with Crippen LogP contribution >= 0.6 is 0 Å². The van der Waals surface area contributed by atoms with Gasteiger partial charge in [-0.25, -0.2) is 17.1 Å². The van der Waals surface area contributed by atoms with Crippen LogP contribution in [-0.2, 0) is 21.0 Å². The number of rotatable bonds is 4. The van der Waals surface area contributed by atoms with Crippen molar-refractivity contribution in [2.75, 3.05) is 24.2 Å². The number of hydrogen-bond acceptors (Lipinski definition) is 3. The number of alkyl halides is 3. The summed E-state index contributed by atoms with van der Waals surface area (Å²) in [5, 5.41) is 2.35. The second-order valence-electron chi connectivity index (χ2n) is 5.78. The highest BCUT2D eigenvalue weighted by Crippen LogP contribution is 2.32. The van der Waals surface area contributed by atoms with Gasteiger partial charge in [-0.2, -0.15) is 13.2 Å². The third-order valence-corrected chi connectivity index (χ3v) is 5.90. The lowest BCUT2D eigenvalue weighted by Gasteiger charge is -2.30. The van der Waals surface area contributed by atoms with Crippen LogP contribution in [0.1, 0.15) is 25.3 Å². The molecule has 1 atom stereocenters. The van der Waals surface area contributed by atoms with Gasteiger partial charge < -0.3 is 5.32 Å². The van der Waals surface area contributed by atoms with Crippen LogP contribution < -0.4 is 5.32 Å². The molecule has 0 saturated carbocycles. The molecule has 5 nitrogen and oxygen atoms in total. The zero-order chi connectivity index (χ0) is 18.8. The first-order chi connectivity index (χ1) is 11.5. The third kappa shape index (κ3) is 4.69. The van der Waals surface area contributed by atoms with Gasteiger partial charge in [0.1, 0.15) is 5.82 Å². The molecule has 0 bridgehead atoms. The Morgan fingerprint density at radius 1 is 1.36 bits per heavy atom. The summed E-state index contributed by atoms with van der Waals surface area (Å²) in [5.41, 5.74) is -1.52. The molecule has 0 spiro atoms. The topological polar surface area (TPSA) is 66.5 Å². The van der Waals surface area contributed by atoms with Gasteiger partial charge in [0.05, 0.1) is 17.2 Å². The molecule has 0 aromatic heterocycles. The highest BCUT2D eigenvalue weighted by atomic mass is 32.2. The second-order valence-corrected chi connectivity index (χ2v) is 8.04. The Labute approximate surface area is 143 Å². The summed E-state index contributed by atoms with van der Waals surface area (Å²) >= 11 is 0. The van der Waals surface area contributed by atoms with Gasteiger partial charge in [-0.05, 0) is 38.0 Å². The zero-order valence-electron chi connectivity index (χ0n) is 13.4. The molecular formula is C15H18F4N2O3S. The highest BCUT2D eigenvalue weighted by molar-refractivity contribution is 7.89. The van der Waals surface area contributed by atoms with Crippen LogP contribution in [0.4, 0.5) is 23.2 Å². The minimum atomic E-state index is -4.81. The summed E-state index contributed by atoms with van der Waals surface area (Å²) in [6.45, 7) is 1.84. The molecule has 2 rings (SSSR count). The Kier molecular flexibility index (Phi) is 5.72. The maximum absolute atomic E-state index is 13.5. The summed E-state index contributed by atoms with van der Waals surface area (Å²) in [6, 6.07) is 2.12. The molecule has 0 aliphatic carbocycles.